The SMILES string of the molecule is CCn1ncc(CN(C)C(=O)c2cc(-c3ccc(OC)cc3)n[nH]2)c1C. The van der Waals surface area contributed by atoms with Crippen molar-refractivity contribution in [1.29, 1.82) is 0 Å². The van der Waals surface area contributed by atoms with Gasteiger partial charge in [-0.25, -0.2) is 0 Å². The van der Waals surface area contributed by atoms with E-state index in [1.165, 1.54) is 0 Å². The highest BCUT2D eigenvalue weighted by atomic mass is 16.5. The molecule has 0 radical (unpaired) electrons. The van der Waals surface area contributed by atoms with E-state index in [4.69, 9.17) is 4.74 Å². The number of amides is 1. The van der Waals surface area contributed by atoms with Gasteiger partial charge in [0.15, 0.2) is 0 Å². The Kier molecular flexibility index (Phi) is 5.06. The minimum Gasteiger partial charge on any atom is -0.497 e. The number of benzene rings is 1. The summed E-state index contributed by atoms with van der Waals surface area (Å²) in [6, 6.07) is 9.32. The molecule has 0 aliphatic rings. The molecule has 136 valence electrons. The topological polar surface area (TPSA) is 76.0 Å². The highest BCUT2D eigenvalue weighted by molar-refractivity contribution is 5.93. The zero-order valence-electron chi connectivity index (χ0n) is 15.5. The summed E-state index contributed by atoms with van der Waals surface area (Å²) in [5.74, 6) is 0.671. The first-order valence-corrected chi connectivity index (χ1v) is 8.50. The molecule has 2 aromatic heterocycles. The number of nitrogens with one attached hydrogen (secondary N) is 1. The quantitative estimate of drug-likeness (QED) is 0.739. The zero-order valence-corrected chi connectivity index (χ0v) is 15.5. The van der Waals surface area contributed by atoms with Crippen LogP contribution in [0.1, 0.15) is 28.7 Å². The van der Waals surface area contributed by atoms with Gasteiger partial charge in [-0.15, -0.1) is 0 Å². The summed E-state index contributed by atoms with van der Waals surface area (Å²) in [6.45, 7) is 5.38. The molecule has 1 amide bonds. The Hall–Kier alpha value is -3.09. The number of carbonyl (C=O) groups is 1. The molecule has 7 heteroatoms. The molecule has 1 N–H and O–H groups in total. The summed E-state index contributed by atoms with van der Waals surface area (Å²) in [5, 5.41) is 11.4. The smallest absolute Gasteiger partial charge is 0.271 e. The molecule has 2 heterocycles. The summed E-state index contributed by atoms with van der Waals surface area (Å²) in [6.07, 6.45) is 1.82. The van der Waals surface area contributed by atoms with E-state index in [0.29, 0.717) is 12.2 Å². The van der Waals surface area contributed by atoms with Crippen molar-refractivity contribution in [2.45, 2.75) is 26.9 Å². The van der Waals surface area contributed by atoms with Gasteiger partial charge in [0.05, 0.1) is 19.0 Å². The maximum atomic E-state index is 12.7. The van der Waals surface area contributed by atoms with E-state index < -0.39 is 0 Å². The third-order valence-electron chi connectivity index (χ3n) is 4.45. The van der Waals surface area contributed by atoms with Crippen LogP contribution < -0.4 is 4.74 Å². The number of hydrogen-bond acceptors (Lipinski definition) is 4. The maximum absolute atomic E-state index is 12.7. The van der Waals surface area contributed by atoms with Crippen LogP contribution in [-0.4, -0.2) is 44.9 Å². The highest BCUT2D eigenvalue weighted by Crippen LogP contribution is 2.21. The lowest BCUT2D eigenvalue weighted by Gasteiger charge is -2.15. The van der Waals surface area contributed by atoms with E-state index in [0.717, 1.165) is 34.8 Å². The van der Waals surface area contributed by atoms with Gasteiger partial charge < -0.3 is 9.64 Å². The fraction of sp³-hybridized carbons (Fsp3) is 0.316. The lowest BCUT2D eigenvalue weighted by atomic mass is 10.1. The normalized spacial score (nSPS) is 10.8. The number of aromatic amines is 1. The molecule has 26 heavy (non-hydrogen) atoms. The third kappa shape index (κ3) is 3.46. The molecule has 0 unspecified atom stereocenters. The molecule has 0 atom stereocenters. The number of hydrogen-bond donors (Lipinski definition) is 1. The van der Waals surface area contributed by atoms with Gasteiger partial charge in [-0.05, 0) is 44.2 Å². The van der Waals surface area contributed by atoms with Gasteiger partial charge in [-0.3, -0.25) is 14.6 Å². The number of methoxy groups -OCH3 is 1. The molecule has 0 saturated heterocycles. The molecule has 0 aliphatic heterocycles. The Bertz CT molecular complexity index is 895. The number of carbonyl (C=O) groups excluding carboxylic acids is 1. The summed E-state index contributed by atoms with van der Waals surface area (Å²) >= 11 is 0. The van der Waals surface area contributed by atoms with Crippen molar-refractivity contribution in [3.8, 4) is 17.0 Å². The van der Waals surface area contributed by atoms with Crippen LogP contribution >= 0.6 is 0 Å². The zero-order chi connectivity index (χ0) is 18.7. The van der Waals surface area contributed by atoms with Crippen LogP contribution in [0.3, 0.4) is 0 Å². The Balaban J connectivity index is 1.73. The molecule has 0 spiro atoms. The van der Waals surface area contributed by atoms with Crippen molar-refractivity contribution >= 4 is 5.91 Å². The molecule has 3 rings (SSSR count). The molecule has 0 aliphatic carbocycles. The van der Waals surface area contributed by atoms with Gasteiger partial charge in [0.25, 0.3) is 5.91 Å². The third-order valence-corrected chi connectivity index (χ3v) is 4.45. The van der Waals surface area contributed by atoms with Crippen molar-refractivity contribution in [3.63, 3.8) is 0 Å². The van der Waals surface area contributed by atoms with Gasteiger partial charge in [0.2, 0.25) is 0 Å². The maximum Gasteiger partial charge on any atom is 0.271 e. The van der Waals surface area contributed by atoms with E-state index in [2.05, 4.69) is 15.3 Å². The summed E-state index contributed by atoms with van der Waals surface area (Å²) < 4.78 is 7.08. The average Bonchev–Trinajstić information content (AvgIpc) is 3.29. The van der Waals surface area contributed by atoms with Crippen LogP contribution in [-0.2, 0) is 13.1 Å². The Morgan fingerprint density at radius 2 is 2.04 bits per heavy atom. The highest BCUT2D eigenvalue weighted by Gasteiger charge is 2.17. The predicted molar refractivity (Wildman–Crippen MR) is 99.0 cm³/mol. The number of ether oxygens (including phenoxy) is 1. The fourth-order valence-electron chi connectivity index (χ4n) is 2.83. The Labute approximate surface area is 152 Å². The van der Waals surface area contributed by atoms with Crippen LogP contribution in [0.15, 0.2) is 36.5 Å². The van der Waals surface area contributed by atoms with Crippen LogP contribution in [0.2, 0.25) is 0 Å². The largest absolute Gasteiger partial charge is 0.497 e. The minimum absolute atomic E-state index is 0.110. The molecule has 0 fully saturated rings. The van der Waals surface area contributed by atoms with E-state index >= 15 is 0 Å². The second-order valence-corrected chi connectivity index (χ2v) is 6.13. The Morgan fingerprint density at radius 1 is 1.31 bits per heavy atom. The van der Waals surface area contributed by atoms with Crippen molar-refractivity contribution < 1.29 is 9.53 Å². The summed E-state index contributed by atoms with van der Waals surface area (Å²) in [5.41, 5.74) is 4.22. The Morgan fingerprint density at radius 3 is 2.65 bits per heavy atom. The number of H-pyrrole nitrogens is 1. The molecule has 7 nitrogen and oxygen atoms in total. The first kappa shape index (κ1) is 17.7. The number of aromatic nitrogens is 4. The van der Waals surface area contributed by atoms with E-state index in [9.17, 15) is 4.79 Å². The van der Waals surface area contributed by atoms with E-state index in [-0.39, 0.29) is 5.91 Å². The van der Waals surface area contributed by atoms with Crippen LogP contribution in [0.5, 0.6) is 5.75 Å². The second-order valence-electron chi connectivity index (χ2n) is 6.13. The van der Waals surface area contributed by atoms with Crippen molar-refractivity contribution in [1.82, 2.24) is 24.9 Å². The van der Waals surface area contributed by atoms with Gasteiger partial charge in [0.1, 0.15) is 11.4 Å². The monoisotopic (exact) mass is 353 g/mol. The lowest BCUT2D eigenvalue weighted by molar-refractivity contribution is 0.0779. The first-order chi connectivity index (χ1) is 12.5. The van der Waals surface area contributed by atoms with E-state index in [1.807, 2.05) is 49.0 Å². The van der Waals surface area contributed by atoms with Gasteiger partial charge >= 0.3 is 0 Å². The van der Waals surface area contributed by atoms with Crippen molar-refractivity contribution in [2.75, 3.05) is 14.2 Å². The molecule has 1 aromatic carbocycles. The standard InChI is InChI=1S/C19H23N5O2/c1-5-24-13(2)15(11-20-24)12-23(3)19(25)18-10-17(21-22-18)14-6-8-16(26-4)9-7-14/h6-11H,5,12H2,1-4H3,(H,21,22). The van der Waals surface area contributed by atoms with Gasteiger partial charge in [-0.1, -0.05) is 0 Å². The number of rotatable bonds is 6. The fourth-order valence-corrected chi connectivity index (χ4v) is 2.83. The van der Waals surface area contributed by atoms with Crippen LogP contribution in [0.25, 0.3) is 11.3 Å². The number of aryl methyl sites for hydroxylation is 1. The minimum atomic E-state index is -0.110. The predicted octanol–water partition coefficient (Wildman–Crippen LogP) is 2.88. The van der Waals surface area contributed by atoms with Gasteiger partial charge in [0, 0.05) is 37.0 Å². The lowest BCUT2D eigenvalue weighted by Crippen LogP contribution is -2.26. The summed E-state index contributed by atoms with van der Waals surface area (Å²) in [7, 11) is 3.40. The van der Waals surface area contributed by atoms with Crippen LogP contribution in [0, 0.1) is 6.92 Å². The van der Waals surface area contributed by atoms with Crippen molar-refractivity contribution in [2.24, 2.45) is 0 Å². The average molecular weight is 353 g/mol. The van der Waals surface area contributed by atoms with Gasteiger partial charge in [-0.2, -0.15) is 10.2 Å². The molecular weight excluding hydrogens is 330 g/mol. The molecular formula is C19H23N5O2. The molecule has 0 bridgehead atoms. The van der Waals surface area contributed by atoms with E-state index in [1.54, 1.807) is 25.1 Å². The summed E-state index contributed by atoms with van der Waals surface area (Å²) in [4.78, 5) is 14.4. The van der Waals surface area contributed by atoms with Crippen molar-refractivity contribution in [3.05, 3.63) is 53.5 Å². The molecule has 0 saturated carbocycles. The second kappa shape index (κ2) is 7.43. The van der Waals surface area contributed by atoms with Crippen LogP contribution in [0.4, 0.5) is 0 Å². The first-order valence-electron chi connectivity index (χ1n) is 8.50. The molecule has 3 aromatic rings. The number of nitrogens with zero attached hydrogens (tertiary/aromatic N) is 4.